The minimum absolute atomic E-state index is 0.124. The number of Topliss-reactive ketones (excluding diaryl/α,β-unsaturated/α-hetero) is 1. The molecular formula is C20H24N2O2. The number of hydrogen-bond donors (Lipinski definition) is 1. The third-order valence-electron chi connectivity index (χ3n) is 4.91. The summed E-state index contributed by atoms with van der Waals surface area (Å²) in [6.45, 7) is 4.37. The summed E-state index contributed by atoms with van der Waals surface area (Å²) in [5, 5.41) is 9.25. The fraction of sp³-hybridized carbons (Fsp3) is 0.400. The molecular weight excluding hydrogens is 300 g/mol. The predicted molar refractivity (Wildman–Crippen MR) is 94.1 cm³/mol. The number of carbonyl (C=O) groups excluding carboxylic acids is 1. The first kappa shape index (κ1) is 16.8. The quantitative estimate of drug-likeness (QED) is 0.859. The van der Waals surface area contributed by atoms with Crippen molar-refractivity contribution in [3.63, 3.8) is 0 Å². The van der Waals surface area contributed by atoms with Gasteiger partial charge in [-0.15, -0.1) is 0 Å². The van der Waals surface area contributed by atoms with Gasteiger partial charge in [-0.05, 0) is 31.5 Å². The van der Waals surface area contributed by atoms with Gasteiger partial charge >= 0.3 is 0 Å². The Hall–Kier alpha value is -2.04. The largest absolute Gasteiger partial charge is 0.395 e. The summed E-state index contributed by atoms with van der Waals surface area (Å²) in [5.74, 6) is 0.184. The Morgan fingerprint density at radius 3 is 2.75 bits per heavy atom. The highest BCUT2D eigenvalue weighted by atomic mass is 16.3. The molecule has 4 nitrogen and oxygen atoms in total. The number of aliphatic hydroxyl groups excluding tert-OH is 1. The molecule has 4 heteroatoms. The number of aryl methyl sites for hydroxylation is 1. The molecule has 2 heterocycles. The molecule has 3 rings (SSSR count). The standard InChI is InChI=1S/C20H24N2O2/c1-15-6-5-10-21-19(15)17-9-11-22(12-13-23)14-18(17)20(24)16-7-3-2-4-8-16/h2-8,10,17-18,23H,9,11-14H2,1H3/t17-,18-/m0/s1. The molecule has 1 fully saturated rings. The fourth-order valence-corrected chi connectivity index (χ4v) is 3.66. The minimum atomic E-state index is -0.124. The monoisotopic (exact) mass is 324 g/mol. The average molecular weight is 324 g/mol. The first-order valence-corrected chi connectivity index (χ1v) is 8.54. The Kier molecular flexibility index (Phi) is 5.38. The lowest BCUT2D eigenvalue weighted by molar-refractivity contribution is 0.0744. The zero-order valence-corrected chi connectivity index (χ0v) is 14.1. The number of aliphatic hydroxyl groups is 1. The normalized spacial score (nSPS) is 21.6. The molecule has 24 heavy (non-hydrogen) atoms. The van der Waals surface area contributed by atoms with E-state index in [-0.39, 0.29) is 24.2 Å². The van der Waals surface area contributed by atoms with E-state index in [2.05, 4.69) is 22.9 Å². The smallest absolute Gasteiger partial charge is 0.167 e. The van der Waals surface area contributed by atoms with Crippen LogP contribution in [0.15, 0.2) is 48.7 Å². The van der Waals surface area contributed by atoms with Crippen LogP contribution in [-0.2, 0) is 0 Å². The number of hydrogen-bond acceptors (Lipinski definition) is 4. The molecule has 0 aliphatic carbocycles. The number of likely N-dealkylation sites (tertiary alicyclic amines) is 1. The molecule has 2 atom stereocenters. The molecule has 2 aromatic rings. The van der Waals surface area contributed by atoms with E-state index in [0.29, 0.717) is 13.1 Å². The van der Waals surface area contributed by atoms with Crippen molar-refractivity contribution in [1.82, 2.24) is 9.88 Å². The van der Waals surface area contributed by atoms with Crippen molar-refractivity contribution in [3.8, 4) is 0 Å². The van der Waals surface area contributed by atoms with E-state index in [0.717, 1.165) is 29.8 Å². The molecule has 0 amide bonds. The second kappa shape index (κ2) is 7.69. The fourth-order valence-electron chi connectivity index (χ4n) is 3.66. The van der Waals surface area contributed by atoms with Gasteiger partial charge in [-0.1, -0.05) is 36.4 Å². The van der Waals surface area contributed by atoms with Gasteiger partial charge in [-0.25, -0.2) is 0 Å². The lowest BCUT2D eigenvalue weighted by atomic mass is 9.77. The van der Waals surface area contributed by atoms with Crippen molar-refractivity contribution >= 4 is 5.78 Å². The predicted octanol–water partition coefficient (Wildman–Crippen LogP) is 2.67. The van der Waals surface area contributed by atoms with Crippen LogP contribution in [0.4, 0.5) is 0 Å². The third kappa shape index (κ3) is 3.55. The van der Waals surface area contributed by atoms with Crippen LogP contribution in [0.2, 0.25) is 0 Å². The topological polar surface area (TPSA) is 53.4 Å². The van der Waals surface area contributed by atoms with Gasteiger partial charge in [0, 0.05) is 42.4 Å². The third-order valence-corrected chi connectivity index (χ3v) is 4.91. The van der Waals surface area contributed by atoms with Crippen LogP contribution >= 0.6 is 0 Å². The van der Waals surface area contributed by atoms with Gasteiger partial charge in [-0.3, -0.25) is 9.78 Å². The molecule has 1 N–H and O–H groups in total. The highest BCUT2D eigenvalue weighted by Crippen LogP contribution is 2.35. The van der Waals surface area contributed by atoms with E-state index in [1.165, 1.54) is 0 Å². The Bertz CT molecular complexity index is 687. The molecule has 1 aromatic carbocycles. The average Bonchev–Trinajstić information content (AvgIpc) is 2.63. The van der Waals surface area contributed by atoms with Crippen LogP contribution < -0.4 is 0 Å². The minimum Gasteiger partial charge on any atom is -0.395 e. The summed E-state index contributed by atoms with van der Waals surface area (Å²) in [5.41, 5.74) is 2.94. The van der Waals surface area contributed by atoms with Crippen LogP contribution in [0.5, 0.6) is 0 Å². The van der Waals surface area contributed by atoms with E-state index in [9.17, 15) is 9.90 Å². The maximum atomic E-state index is 13.1. The van der Waals surface area contributed by atoms with Gasteiger partial charge in [-0.2, -0.15) is 0 Å². The van der Waals surface area contributed by atoms with Crippen molar-refractivity contribution in [3.05, 3.63) is 65.5 Å². The van der Waals surface area contributed by atoms with E-state index in [1.54, 1.807) is 0 Å². The number of piperidine rings is 1. The number of benzene rings is 1. The molecule has 0 radical (unpaired) electrons. The summed E-state index contributed by atoms with van der Waals surface area (Å²) >= 11 is 0. The van der Waals surface area contributed by atoms with E-state index >= 15 is 0 Å². The maximum Gasteiger partial charge on any atom is 0.167 e. The maximum absolute atomic E-state index is 13.1. The Morgan fingerprint density at radius 2 is 2.04 bits per heavy atom. The molecule has 1 saturated heterocycles. The molecule has 0 bridgehead atoms. The molecule has 1 aliphatic rings. The Balaban J connectivity index is 1.92. The number of carbonyl (C=O) groups is 1. The lowest BCUT2D eigenvalue weighted by Gasteiger charge is -2.37. The summed E-state index contributed by atoms with van der Waals surface area (Å²) in [4.78, 5) is 19.9. The SMILES string of the molecule is Cc1cccnc1[C@H]1CCN(CCO)C[C@@H]1C(=O)c1ccccc1. The molecule has 0 unspecified atom stereocenters. The van der Waals surface area contributed by atoms with Crippen LogP contribution in [0.3, 0.4) is 0 Å². The van der Waals surface area contributed by atoms with Crippen molar-refractivity contribution in [1.29, 1.82) is 0 Å². The molecule has 1 aromatic heterocycles. The van der Waals surface area contributed by atoms with Gasteiger partial charge in [0.05, 0.1) is 6.61 Å². The van der Waals surface area contributed by atoms with Crippen molar-refractivity contribution in [2.75, 3.05) is 26.2 Å². The van der Waals surface area contributed by atoms with Crippen LogP contribution in [-0.4, -0.2) is 47.0 Å². The van der Waals surface area contributed by atoms with Crippen LogP contribution in [0, 0.1) is 12.8 Å². The second-order valence-electron chi connectivity index (χ2n) is 6.46. The van der Waals surface area contributed by atoms with E-state index in [4.69, 9.17) is 0 Å². The summed E-state index contributed by atoms with van der Waals surface area (Å²) in [7, 11) is 0. The number of β-amino-alcohol motifs (C(OH)–C–C–N with tert-alkyl or cyclic N) is 1. The Labute approximate surface area is 143 Å². The summed E-state index contributed by atoms with van der Waals surface area (Å²) < 4.78 is 0. The van der Waals surface area contributed by atoms with Crippen molar-refractivity contribution in [2.24, 2.45) is 5.92 Å². The zero-order chi connectivity index (χ0) is 16.9. The zero-order valence-electron chi connectivity index (χ0n) is 14.1. The highest BCUT2D eigenvalue weighted by molar-refractivity contribution is 5.98. The molecule has 1 aliphatic heterocycles. The Morgan fingerprint density at radius 1 is 1.25 bits per heavy atom. The number of aromatic nitrogens is 1. The van der Waals surface area contributed by atoms with Crippen LogP contribution in [0.25, 0.3) is 0 Å². The van der Waals surface area contributed by atoms with Gasteiger partial charge in [0.25, 0.3) is 0 Å². The first-order valence-electron chi connectivity index (χ1n) is 8.54. The first-order chi connectivity index (χ1) is 11.7. The lowest BCUT2D eigenvalue weighted by Crippen LogP contribution is -2.44. The highest BCUT2D eigenvalue weighted by Gasteiger charge is 2.36. The number of ketones is 1. The van der Waals surface area contributed by atoms with Crippen molar-refractivity contribution in [2.45, 2.75) is 19.3 Å². The van der Waals surface area contributed by atoms with Gasteiger partial charge < -0.3 is 10.0 Å². The molecule has 0 saturated carbocycles. The molecule has 126 valence electrons. The van der Waals surface area contributed by atoms with E-state index < -0.39 is 0 Å². The van der Waals surface area contributed by atoms with Gasteiger partial charge in [0.1, 0.15) is 0 Å². The second-order valence-corrected chi connectivity index (χ2v) is 6.46. The van der Waals surface area contributed by atoms with Gasteiger partial charge in [0.15, 0.2) is 5.78 Å². The summed E-state index contributed by atoms with van der Waals surface area (Å²) in [6.07, 6.45) is 2.70. The number of pyridine rings is 1. The van der Waals surface area contributed by atoms with Crippen molar-refractivity contribution < 1.29 is 9.90 Å². The number of nitrogens with zero attached hydrogens (tertiary/aromatic N) is 2. The van der Waals surface area contributed by atoms with Gasteiger partial charge in [0.2, 0.25) is 0 Å². The van der Waals surface area contributed by atoms with Crippen LogP contribution in [0.1, 0.15) is 34.0 Å². The van der Waals surface area contributed by atoms with E-state index in [1.807, 2.05) is 42.6 Å². The number of rotatable bonds is 5. The summed E-state index contributed by atoms with van der Waals surface area (Å²) in [6, 6.07) is 13.5. The molecule has 0 spiro atoms.